The van der Waals surface area contributed by atoms with Gasteiger partial charge in [-0.2, -0.15) is 13.2 Å². The van der Waals surface area contributed by atoms with E-state index in [9.17, 15) is 13.2 Å². The van der Waals surface area contributed by atoms with Crippen molar-refractivity contribution in [1.29, 1.82) is 0 Å². The van der Waals surface area contributed by atoms with E-state index in [1.165, 1.54) is 0 Å². The van der Waals surface area contributed by atoms with Crippen molar-refractivity contribution in [2.75, 3.05) is 6.61 Å². The summed E-state index contributed by atoms with van der Waals surface area (Å²) < 4.78 is 38.4. The average molecular weight is 152 g/mol. The average Bonchev–Trinajstić information content (AvgIpc) is 1.78. The van der Waals surface area contributed by atoms with E-state index in [0.717, 1.165) is 6.26 Å². The van der Waals surface area contributed by atoms with E-state index in [2.05, 4.69) is 17.0 Å². The lowest BCUT2D eigenvalue weighted by Crippen LogP contribution is -2.09. The normalized spacial score (nSPS) is 10.3. The molecule has 0 aromatic rings. The Hall–Kier alpha value is -0.890. The molecule has 10 heavy (non-hydrogen) atoms. The molecule has 0 radical (unpaired) electrons. The first-order valence-electron chi connectivity index (χ1n) is 2.59. The van der Waals surface area contributed by atoms with Gasteiger partial charge in [-0.3, -0.25) is 0 Å². The van der Waals surface area contributed by atoms with Crippen LogP contribution in [0.25, 0.3) is 0 Å². The molecule has 0 aliphatic rings. The Morgan fingerprint density at radius 2 is 2.10 bits per heavy atom. The smallest absolute Gasteiger partial charge is 0.392 e. The Morgan fingerprint density at radius 1 is 1.50 bits per heavy atom. The third kappa shape index (κ3) is 7.11. The van der Waals surface area contributed by atoms with E-state index in [4.69, 9.17) is 0 Å². The summed E-state index contributed by atoms with van der Waals surface area (Å²) in [7, 11) is 0. The minimum atomic E-state index is -4.14. The molecule has 0 atom stereocenters. The molecule has 0 N–H and O–H groups in total. The van der Waals surface area contributed by atoms with Crippen molar-refractivity contribution in [3.63, 3.8) is 0 Å². The summed E-state index contributed by atoms with van der Waals surface area (Å²) in [6, 6.07) is 0. The lowest BCUT2D eigenvalue weighted by molar-refractivity contribution is -0.141. The lowest BCUT2D eigenvalue weighted by atomic mass is 10.4. The number of rotatable bonds is 3. The maximum Gasteiger partial charge on any atom is 0.392 e. The summed E-state index contributed by atoms with van der Waals surface area (Å²) in [4.78, 5) is 0. The predicted molar refractivity (Wildman–Crippen MR) is 30.3 cm³/mol. The van der Waals surface area contributed by atoms with Gasteiger partial charge >= 0.3 is 6.18 Å². The molecular formula is C6H7F3O. The fraction of sp³-hybridized carbons (Fsp3) is 0.500. The summed E-state index contributed by atoms with van der Waals surface area (Å²) >= 11 is 0. The van der Waals surface area contributed by atoms with Gasteiger partial charge in [0.05, 0.1) is 13.0 Å². The van der Waals surface area contributed by atoms with E-state index in [1.807, 2.05) is 0 Å². The molecule has 0 bridgehead atoms. The number of alkyl halides is 3. The van der Waals surface area contributed by atoms with Crippen LogP contribution in [0.2, 0.25) is 0 Å². The maximum absolute atomic E-state index is 11.4. The Kier molecular flexibility index (Phi) is 3.65. The molecule has 0 spiro atoms. The van der Waals surface area contributed by atoms with Gasteiger partial charge < -0.3 is 4.74 Å². The summed E-state index contributed by atoms with van der Waals surface area (Å²) in [6.07, 6.45) is -4.08. The number of halogens is 3. The van der Waals surface area contributed by atoms with Crippen molar-refractivity contribution >= 4 is 0 Å². The molecule has 0 saturated carbocycles. The molecule has 0 aromatic carbocycles. The van der Waals surface area contributed by atoms with Gasteiger partial charge in [0, 0.05) is 0 Å². The fourth-order valence-electron chi connectivity index (χ4n) is 0.293. The Bertz CT molecular complexity index is 132. The number of ether oxygens (including phenoxy) is 1. The zero-order valence-electron chi connectivity index (χ0n) is 5.24. The van der Waals surface area contributed by atoms with Crippen molar-refractivity contribution in [2.45, 2.75) is 12.6 Å². The SMILES string of the molecule is C=C=COCCC(F)(F)F. The quantitative estimate of drug-likeness (QED) is 0.342. The highest BCUT2D eigenvalue weighted by Gasteiger charge is 2.26. The van der Waals surface area contributed by atoms with E-state index in [1.54, 1.807) is 0 Å². The van der Waals surface area contributed by atoms with Gasteiger partial charge in [0.2, 0.25) is 0 Å². The minimum absolute atomic E-state index is 0.369. The molecule has 0 saturated heterocycles. The highest BCUT2D eigenvalue weighted by atomic mass is 19.4. The second kappa shape index (κ2) is 4.01. The van der Waals surface area contributed by atoms with Gasteiger partial charge in [0.15, 0.2) is 0 Å². The number of hydrogen-bond acceptors (Lipinski definition) is 1. The van der Waals surface area contributed by atoms with Gasteiger partial charge in [0.1, 0.15) is 6.26 Å². The van der Waals surface area contributed by atoms with Crippen LogP contribution in [0.1, 0.15) is 6.42 Å². The van der Waals surface area contributed by atoms with E-state index in [-0.39, 0.29) is 6.61 Å². The van der Waals surface area contributed by atoms with Gasteiger partial charge in [-0.25, -0.2) is 0 Å². The molecule has 1 nitrogen and oxygen atoms in total. The first-order chi connectivity index (χ1) is 4.56. The highest BCUT2D eigenvalue weighted by Crippen LogP contribution is 2.18. The van der Waals surface area contributed by atoms with Crippen LogP contribution in [0, 0.1) is 0 Å². The van der Waals surface area contributed by atoms with E-state index in [0.29, 0.717) is 0 Å². The van der Waals surface area contributed by atoms with Crippen LogP contribution in [-0.4, -0.2) is 12.8 Å². The van der Waals surface area contributed by atoms with Crippen molar-refractivity contribution in [3.8, 4) is 0 Å². The van der Waals surface area contributed by atoms with Crippen LogP contribution in [0.4, 0.5) is 13.2 Å². The molecule has 0 heterocycles. The van der Waals surface area contributed by atoms with Crippen LogP contribution < -0.4 is 0 Å². The van der Waals surface area contributed by atoms with Crippen molar-refractivity contribution < 1.29 is 17.9 Å². The molecule has 0 aromatic heterocycles. The summed E-state index contributed by atoms with van der Waals surface area (Å²) in [5.41, 5.74) is 2.19. The van der Waals surface area contributed by atoms with Gasteiger partial charge in [-0.05, 0) is 0 Å². The van der Waals surface area contributed by atoms with E-state index < -0.39 is 12.6 Å². The zero-order valence-corrected chi connectivity index (χ0v) is 5.24. The molecule has 0 unspecified atom stereocenters. The zero-order chi connectivity index (χ0) is 8.04. The third-order valence-corrected chi connectivity index (χ3v) is 0.670. The molecule has 0 aliphatic carbocycles. The second-order valence-electron chi connectivity index (χ2n) is 1.56. The first kappa shape index (κ1) is 9.11. The van der Waals surface area contributed by atoms with Gasteiger partial charge in [-0.15, -0.1) is 0 Å². The third-order valence-electron chi connectivity index (χ3n) is 0.670. The van der Waals surface area contributed by atoms with Crippen LogP contribution in [0.15, 0.2) is 18.6 Å². The summed E-state index contributed by atoms with van der Waals surface area (Å²) in [5, 5.41) is 0. The van der Waals surface area contributed by atoms with Crippen LogP contribution in [0.3, 0.4) is 0 Å². The minimum Gasteiger partial charge on any atom is -0.493 e. The van der Waals surface area contributed by atoms with Crippen molar-refractivity contribution in [1.82, 2.24) is 0 Å². The molecule has 58 valence electrons. The van der Waals surface area contributed by atoms with Crippen LogP contribution in [0.5, 0.6) is 0 Å². The predicted octanol–water partition coefficient (Wildman–Crippen LogP) is 2.25. The summed E-state index contributed by atoms with van der Waals surface area (Å²) in [6.45, 7) is 2.74. The maximum atomic E-state index is 11.4. The molecule has 0 aliphatic heterocycles. The fourth-order valence-corrected chi connectivity index (χ4v) is 0.293. The molecule has 0 fully saturated rings. The topological polar surface area (TPSA) is 9.23 Å². The standard InChI is InChI=1S/C6H7F3O/c1-2-4-10-5-3-6(7,8)9/h4H,1,3,5H2. The summed E-state index contributed by atoms with van der Waals surface area (Å²) in [5.74, 6) is 0. The molecule has 0 rings (SSSR count). The Balaban J connectivity index is 3.28. The number of hydrogen-bond donors (Lipinski definition) is 0. The van der Waals surface area contributed by atoms with Crippen molar-refractivity contribution in [3.05, 3.63) is 18.6 Å². The van der Waals surface area contributed by atoms with Gasteiger partial charge in [-0.1, -0.05) is 12.3 Å². The Morgan fingerprint density at radius 3 is 2.50 bits per heavy atom. The van der Waals surface area contributed by atoms with E-state index >= 15 is 0 Å². The first-order valence-corrected chi connectivity index (χ1v) is 2.59. The monoisotopic (exact) mass is 152 g/mol. The van der Waals surface area contributed by atoms with Gasteiger partial charge in [0.25, 0.3) is 0 Å². The highest BCUT2D eigenvalue weighted by molar-refractivity contribution is 4.64. The molecular weight excluding hydrogens is 145 g/mol. The van der Waals surface area contributed by atoms with Crippen molar-refractivity contribution in [2.24, 2.45) is 0 Å². The largest absolute Gasteiger partial charge is 0.493 e. The second-order valence-corrected chi connectivity index (χ2v) is 1.56. The van der Waals surface area contributed by atoms with Crippen LogP contribution in [-0.2, 0) is 4.74 Å². The Labute approximate surface area is 56.8 Å². The molecule has 0 amide bonds. The molecule has 4 heteroatoms. The lowest BCUT2D eigenvalue weighted by Gasteiger charge is -2.03. The van der Waals surface area contributed by atoms with Crippen LogP contribution >= 0.6 is 0 Å².